The van der Waals surface area contributed by atoms with Crippen LogP contribution in [0.25, 0.3) is 0 Å². The van der Waals surface area contributed by atoms with Gasteiger partial charge in [-0.1, -0.05) is 26.7 Å². The normalized spacial score (nSPS) is 35.6. The van der Waals surface area contributed by atoms with E-state index in [-0.39, 0.29) is 5.60 Å². The van der Waals surface area contributed by atoms with Crippen molar-refractivity contribution in [1.82, 2.24) is 5.32 Å². The van der Waals surface area contributed by atoms with Crippen molar-refractivity contribution in [2.75, 3.05) is 26.4 Å². The monoisotopic (exact) mass is 297 g/mol. The smallest absolute Gasteiger partial charge is 0.0840 e. The molecule has 4 atom stereocenters. The Kier molecular flexibility index (Phi) is 6.97. The van der Waals surface area contributed by atoms with Gasteiger partial charge in [0.25, 0.3) is 0 Å². The third-order valence-corrected chi connectivity index (χ3v) is 5.27. The van der Waals surface area contributed by atoms with Crippen molar-refractivity contribution in [2.45, 2.75) is 77.4 Å². The summed E-state index contributed by atoms with van der Waals surface area (Å²) in [6, 6.07) is 0.459. The molecule has 0 spiro atoms. The van der Waals surface area contributed by atoms with Crippen LogP contribution in [-0.2, 0) is 9.47 Å². The highest BCUT2D eigenvalue weighted by Crippen LogP contribution is 2.41. The molecule has 0 aromatic rings. The van der Waals surface area contributed by atoms with E-state index in [1.165, 1.54) is 44.9 Å². The van der Waals surface area contributed by atoms with Gasteiger partial charge in [0.2, 0.25) is 0 Å². The van der Waals surface area contributed by atoms with Crippen molar-refractivity contribution in [3.63, 3.8) is 0 Å². The van der Waals surface area contributed by atoms with Crippen LogP contribution in [0, 0.1) is 11.8 Å². The Hall–Kier alpha value is -0.120. The summed E-state index contributed by atoms with van der Waals surface area (Å²) in [5, 5.41) is 3.85. The van der Waals surface area contributed by atoms with Crippen LogP contribution in [0.3, 0.4) is 0 Å². The molecule has 1 aliphatic carbocycles. The lowest BCUT2D eigenvalue weighted by Gasteiger charge is -2.49. The van der Waals surface area contributed by atoms with Crippen LogP contribution in [0.15, 0.2) is 0 Å². The molecule has 124 valence electrons. The fourth-order valence-corrected chi connectivity index (χ4v) is 4.45. The number of rotatable bonds is 7. The molecule has 0 aromatic heterocycles. The number of ether oxygens (including phenoxy) is 2. The molecule has 1 aliphatic heterocycles. The lowest BCUT2D eigenvalue weighted by Crippen LogP contribution is -2.59. The maximum Gasteiger partial charge on any atom is 0.0840 e. The van der Waals surface area contributed by atoms with E-state index >= 15 is 0 Å². The van der Waals surface area contributed by atoms with Gasteiger partial charge >= 0.3 is 0 Å². The fraction of sp³-hybridized carbons (Fsp3) is 1.00. The summed E-state index contributed by atoms with van der Waals surface area (Å²) in [5.74, 6) is 1.39. The molecule has 1 saturated heterocycles. The van der Waals surface area contributed by atoms with Gasteiger partial charge in [0.15, 0.2) is 0 Å². The van der Waals surface area contributed by atoms with Crippen molar-refractivity contribution in [2.24, 2.45) is 11.8 Å². The maximum atomic E-state index is 6.44. The van der Waals surface area contributed by atoms with Crippen LogP contribution in [-0.4, -0.2) is 38.0 Å². The van der Waals surface area contributed by atoms with Crippen LogP contribution < -0.4 is 5.32 Å². The van der Waals surface area contributed by atoms with Gasteiger partial charge in [0, 0.05) is 25.2 Å². The van der Waals surface area contributed by atoms with Crippen LogP contribution in [0.2, 0.25) is 0 Å². The van der Waals surface area contributed by atoms with Gasteiger partial charge in [-0.25, -0.2) is 0 Å². The molecular formula is C18H35NO2. The summed E-state index contributed by atoms with van der Waals surface area (Å²) < 4.78 is 12.2. The molecule has 2 rings (SSSR count). The maximum absolute atomic E-state index is 6.44. The zero-order chi connectivity index (χ0) is 15.1. The Bertz CT molecular complexity index is 287. The van der Waals surface area contributed by atoms with Gasteiger partial charge in [0.1, 0.15) is 0 Å². The van der Waals surface area contributed by atoms with Crippen molar-refractivity contribution < 1.29 is 9.47 Å². The first kappa shape index (κ1) is 17.2. The van der Waals surface area contributed by atoms with Gasteiger partial charge in [-0.3, -0.25) is 0 Å². The highest BCUT2D eigenvalue weighted by Gasteiger charge is 2.46. The quantitative estimate of drug-likeness (QED) is 0.776. The SMILES string of the molecule is CCCNC(C1CCCOC1)C1(OCC)CCCC(C)C1. The Morgan fingerprint density at radius 2 is 2.14 bits per heavy atom. The average Bonchev–Trinajstić information content (AvgIpc) is 2.49. The Balaban J connectivity index is 2.16. The van der Waals surface area contributed by atoms with Crippen LogP contribution in [0.5, 0.6) is 0 Å². The molecule has 4 unspecified atom stereocenters. The molecule has 1 heterocycles. The summed E-state index contributed by atoms with van der Waals surface area (Å²) in [6.45, 7) is 10.5. The molecule has 2 aliphatic rings. The number of hydrogen-bond acceptors (Lipinski definition) is 3. The van der Waals surface area contributed by atoms with Crippen LogP contribution >= 0.6 is 0 Å². The molecule has 3 heteroatoms. The standard InChI is InChI=1S/C18H35NO2/c1-4-11-19-17(16-9-7-12-20-14-16)18(21-5-2)10-6-8-15(3)13-18/h15-17,19H,4-14H2,1-3H3. The van der Waals surface area contributed by atoms with Crippen molar-refractivity contribution in [1.29, 1.82) is 0 Å². The second kappa shape index (κ2) is 8.50. The zero-order valence-corrected chi connectivity index (χ0v) is 14.3. The van der Waals surface area contributed by atoms with Gasteiger partial charge in [-0.15, -0.1) is 0 Å². The molecular weight excluding hydrogens is 262 g/mol. The minimum atomic E-state index is 0.0347. The van der Waals surface area contributed by atoms with Gasteiger partial charge in [-0.05, 0) is 51.5 Å². The third kappa shape index (κ3) is 4.43. The van der Waals surface area contributed by atoms with E-state index in [9.17, 15) is 0 Å². The minimum absolute atomic E-state index is 0.0347. The molecule has 2 fully saturated rings. The Morgan fingerprint density at radius 3 is 2.76 bits per heavy atom. The van der Waals surface area contributed by atoms with E-state index in [0.29, 0.717) is 12.0 Å². The first-order valence-electron chi connectivity index (χ1n) is 9.17. The summed E-state index contributed by atoms with van der Waals surface area (Å²) in [4.78, 5) is 0. The van der Waals surface area contributed by atoms with E-state index in [1.54, 1.807) is 0 Å². The summed E-state index contributed by atoms with van der Waals surface area (Å²) >= 11 is 0. The first-order chi connectivity index (χ1) is 10.2. The second-order valence-electron chi connectivity index (χ2n) is 7.11. The average molecular weight is 297 g/mol. The largest absolute Gasteiger partial charge is 0.381 e. The van der Waals surface area contributed by atoms with Crippen LogP contribution in [0.4, 0.5) is 0 Å². The van der Waals surface area contributed by atoms with Crippen molar-refractivity contribution >= 4 is 0 Å². The summed E-state index contributed by atoms with van der Waals surface area (Å²) in [6.07, 6.45) is 8.75. The highest BCUT2D eigenvalue weighted by molar-refractivity contribution is 5.00. The molecule has 3 nitrogen and oxygen atoms in total. The Morgan fingerprint density at radius 1 is 1.29 bits per heavy atom. The lowest BCUT2D eigenvalue weighted by atomic mass is 9.70. The predicted molar refractivity (Wildman–Crippen MR) is 87.6 cm³/mol. The second-order valence-corrected chi connectivity index (χ2v) is 7.11. The topological polar surface area (TPSA) is 30.5 Å². The predicted octanol–water partition coefficient (Wildman–Crippen LogP) is 3.77. The fourth-order valence-electron chi connectivity index (χ4n) is 4.45. The molecule has 0 radical (unpaired) electrons. The van der Waals surface area contributed by atoms with Gasteiger partial charge < -0.3 is 14.8 Å². The van der Waals surface area contributed by atoms with E-state index in [4.69, 9.17) is 9.47 Å². The third-order valence-electron chi connectivity index (χ3n) is 5.27. The van der Waals surface area contributed by atoms with E-state index in [2.05, 4.69) is 26.1 Å². The lowest BCUT2D eigenvalue weighted by molar-refractivity contribution is -0.124. The van der Waals surface area contributed by atoms with E-state index < -0.39 is 0 Å². The van der Waals surface area contributed by atoms with Crippen LogP contribution in [0.1, 0.15) is 65.7 Å². The molecule has 0 aromatic carbocycles. The van der Waals surface area contributed by atoms with E-state index in [0.717, 1.165) is 32.3 Å². The van der Waals surface area contributed by atoms with E-state index in [1.807, 2.05) is 0 Å². The van der Waals surface area contributed by atoms with Gasteiger partial charge in [0.05, 0.1) is 12.2 Å². The minimum Gasteiger partial charge on any atom is -0.381 e. The number of nitrogens with one attached hydrogen (secondary N) is 1. The number of hydrogen-bond donors (Lipinski definition) is 1. The molecule has 21 heavy (non-hydrogen) atoms. The molecule has 1 N–H and O–H groups in total. The highest BCUT2D eigenvalue weighted by atomic mass is 16.5. The zero-order valence-electron chi connectivity index (χ0n) is 14.3. The van der Waals surface area contributed by atoms with Gasteiger partial charge in [-0.2, -0.15) is 0 Å². The summed E-state index contributed by atoms with van der Waals surface area (Å²) in [7, 11) is 0. The molecule has 1 saturated carbocycles. The first-order valence-corrected chi connectivity index (χ1v) is 9.17. The Labute approximate surface area is 131 Å². The summed E-state index contributed by atoms with van der Waals surface area (Å²) in [5.41, 5.74) is 0.0347. The van der Waals surface area contributed by atoms with Crippen molar-refractivity contribution in [3.05, 3.63) is 0 Å². The molecule has 0 bridgehead atoms. The van der Waals surface area contributed by atoms with Crippen molar-refractivity contribution in [3.8, 4) is 0 Å². The molecule has 0 amide bonds.